The monoisotopic (exact) mass is 370 g/mol. The molecular formula is C23H22N4O. The van der Waals surface area contributed by atoms with Crippen molar-refractivity contribution in [1.82, 2.24) is 14.9 Å². The van der Waals surface area contributed by atoms with E-state index in [2.05, 4.69) is 14.9 Å². The maximum atomic E-state index is 13.4. The number of rotatable bonds is 4. The standard InChI is InChI=1S/C23H22N4O/c28-22(26-14-16-27(17-15-26)23-24-12-7-13-25-23)21(20-10-5-2-6-11-20)18-19-8-3-1-4-9-19/h1-13,18H,14-17H2/b21-18+. The molecule has 28 heavy (non-hydrogen) atoms. The van der Waals surface area contributed by atoms with Gasteiger partial charge in [-0.2, -0.15) is 0 Å². The average Bonchev–Trinajstić information content (AvgIpc) is 2.79. The Balaban J connectivity index is 1.54. The van der Waals surface area contributed by atoms with Crippen molar-refractivity contribution in [3.63, 3.8) is 0 Å². The van der Waals surface area contributed by atoms with Crippen molar-refractivity contribution in [3.8, 4) is 0 Å². The Labute approximate surface area is 165 Å². The summed E-state index contributed by atoms with van der Waals surface area (Å²) in [5.74, 6) is 0.779. The van der Waals surface area contributed by atoms with E-state index in [4.69, 9.17) is 0 Å². The zero-order valence-electron chi connectivity index (χ0n) is 15.6. The molecule has 1 aliphatic heterocycles. The summed E-state index contributed by atoms with van der Waals surface area (Å²) in [6.45, 7) is 2.75. The van der Waals surface area contributed by atoms with Gasteiger partial charge in [-0.3, -0.25) is 4.79 Å². The van der Waals surface area contributed by atoms with Crippen LogP contribution in [0.1, 0.15) is 11.1 Å². The molecule has 2 heterocycles. The lowest BCUT2D eigenvalue weighted by Gasteiger charge is -2.35. The molecule has 0 unspecified atom stereocenters. The van der Waals surface area contributed by atoms with Gasteiger partial charge in [0.2, 0.25) is 5.95 Å². The van der Waals surface area contributed by atoms with Crippen LogP contribution in [0.4, 0.5) is 5.95 Å². The predicted molar refractivity (Wildman–Crippen MR) is 112 cm³/mol. The van der Waals surface area contributed by atoms with Crippen molar-refractivity contribution in [2.45, 2.75) is 0 Å². The summed E-state index contributed by atoms with van der Waals surface area (Å²) < 4.78 is 0. The molecule has 0 aliphatic carbocycles. The molecule has 0 radical (unpaired) electrons. The Morgan fingerprint density at radius 2 is 1.39 bits per heavy atom. The lowest BCUT2D eigenvalue weighted by atomic mass is 10.0. The van der Waals surface area contributed by atoms with Crippen molar-refractivity contribution in [3.05, 3.63) is 90.3 Å². The van der Waals surface area contributed by atoms with E-state index in [0.717, 1.165) is 35.7 Å². The maximum absolute atomic E-state index is 13.4. The highest BCUT2D eigenvalue weighted by Gasteiger charge is 2.25. The number of benzene rings is 2. The molecule has 0 bridgehead atoms. The number of carbonyl (C=O) groups excluding carboxylic acids is 1. The molecule has 1 aliphatic rings. The minimum atomic E-state index is 0.0590. The van der Waals surface area contributed by atoms with E-state index in [9.17, 15) is 4.79 Å². The third kappa shape index (κ3) is 4.09. The molecule has 1 fully saturated rings. The summed E-state index contributed by atoms with van der Waals surface area (Å²) in [6, 6.07) is 21.7. The fraction of sp³-hybridized carbons (Fsp3) is 0.174. The van der Waals surface area contributed by atoms with Gasteiger partial charge in [0.1, 0.15) is 0 Å². The molecule has 5 nitrogen and oxygen atoms in total. The van der Waals surface area contributed by atoms with Crippen LogP contribution >= 0.6 is 0 Å². The van der Waals surface area contributed by atoms with Crippen LogP contribution in [0.2, 0.25) is 0 Å². The van der Waals surface area contributed by atoms with Gasteiger partial charge in [-0.15, -0.1) is 0 Å². The average molecular weight is 370 g/mol. The van der Waals surface area contributed by atoms with Gasteiger partial charge in [-0.25, -0.2) is 9.97 Å². The van der Waals surface area contributed by atoms with Crippen LogP contribution in [0.15, 0.2) is 79.1 Å². The minimum absolute atomic E-state index is 0.0590. The van der Waals surface area contributed by atoms with Crippen LogP contribution in [0.3, 0.4) is 0 Å². The van der Waals surface area contributed by atoms with Crippen LogP contribution in [0, 0.1) is 0 Å². The third-order valence-corrected chi connectivity index (χ3v) is 4.83. The number of aromatic nitrogens is 2. The number of piperazine rings is 1. The molecule has 0 saturated carbocycles. The molecule has 1 amide bonds. The van der Waals surface area contributed by atoms with E-state index < -0.39 is 0 Å². The van der Waals surface area contributed by atoms with Crippen LogP contribution in [-0.2, 0) is 4.79 Å². The van der Waals surface area contributed by atoms with Crippen molar-refractivity contribution < 1.29 is 4.79 Å². The second-order valence-electron chi connectivity index (χ2n) is 6.66. The van der Waals surface area contributed by atoms with Crippen LogP contribution in [0.5, 0.6) is 0 Å². The Hall–Kier alpha value is -3.47. The van der Waals surface area contributed by atoms with Crippen molar-refractivity contribution in [2.24, 2.45) is 0 Å². The first-order chi connectivity index (χ1) is 13.8. The minimum Gasteiger partial charge on any atom is -0.337 e. The van der Waals surface area contributed by atoms with Crippen molar-refractivity contribution >= 4 is 23.5 Å². The van der Waals surface area contributed by atoms with E-state index in [1.54, 1.807) is 12.4 Å². The molecule has 0 N–H and O–H groups in total. The van der Waals surface area contributed by atoms with Gasteiger partial charge in [0.15, 0.2) is 0 Å². The number of hydrogen-bond donors (Lipinski definition) is 0. The maximum Gasteiger partial charge on any atom is 0.254 e. The molecule has 1 saturated heterocycles. The summed E-state index contributed by atoms with van der Waals surface area (Å²) in [4.78, 5) is 26.0. The largest absolute Gasteiger partial charge is 0.337 e. The highest BCUT2D eigenvalue weighted by molar-refractivity contribution is 6.24. The number of amides is 1. The van der Waals surface area contributed by atoms with Gasteiger partial charge < -0.3 is 9.80 Å². The molecule has 1 aromatic heterocycles. The van der Waals surface area contributed by atoms with Crippen molar-refractivity contribution in [1.29, 1.82) is 0 Å². The second-order valence-corrected chi connectivity index (χ2v) is 6.66. The summed E-state index contributed by atoms with van der Waals surface area (Å²) in [5.41, 5.74) is 2.67. The lowest BCUT2D eigenvalue weighted by Crippen LogP contribution is -2.49. The second kappa shape index (κ2) is 8.48. The van der Waals surface area contributed by atoms with E-state index in [-0.39, 0.29) is 5.91 Å². The number of anilines is 1. The lowest BCUT2D eigenvalue weighted by molar-refractivity contribution is -0.125. The van der Waals surface area contributed by atoms with Crippen LogP contribution < -0.4 is 4.90 Å². The van der Waals surface area contributed by atoms with Gasteiger partial charge in [0, 0.05) is 44.1 Å². The number of nitrogens with zero attached hydrogens (tertiary/aromatic N) is 4. The van der Waals surface area contributed by atoms with Gasteiger partial charge in [-0.1, -0.05) is 60.7 Å². The quantitative estimate of drug-likeness (QED) is 0.522. The summed E-state index contributed by atoms with van der Waals surface area (Å²) in [5, 5.41) is 0. The van der Waals surface area contributed by atoms with Crippen LogP contribution in [-0.4, -0.2) is 47.0 Å². The Kier molecular flexibility index (Phi) is 5.43. The first kappa shape index (κ1) is 17.9. The topological polar surface area (TPSA) is 49.3 Å². The molecule has 0 atom stereocenters. The van der Waals surface area contributed by atoms with E-state index in [0.29, 0.717) is 13.1 Å². The zero-order valence-corrected chi connectivity index (χ0v) is 15.6. The normalized spacial score (nSPS) is 14.8. The predicted octanol–water partition coefficient (Wildman–Crippen LogP) is 3.37. The first-order valence-electron chi connectivity index (χ1n) is 9.45. The van der Waals surface area contributed by atoms with Crippen LogP contribution in [0.25, 0.3) is 11.6 Å². The smallest absolute Gasteiger partial charge is 0.254 e. The molecule has 4 rings (SSSR count). The Bertz CT molecular complexity index is 934. The fourth-order valence-electron chi connectivity index (χ4n) is 3.34. The number of carbonyl (C=O) groups is 1. The summed E-state index contributed by atoms with van der Waals surface area (Å²) in [6.07, 6.45) is 5.47. The SMILES string of the molecule is O=C(/C(=C/c1ccccc1)c1ccccc1)N1CCN(c2ncccn2)CC1. The van der Waals surface area contributed by atoms with Gasteiger partial charge >= 0.3 is 0 Å². The van der Waals surface area contributed by atoms with E-state index in [1.165, 1.54) is 0 Å². The number of hydrogen-bond acceptors (Lipinski definition) is 4. The zero-order chi connectivity index (χ0) is 19.2. The van der Waals surface area contributed by atoms with E-state index in [1.807, 2.05) is 77.7 Å². The molecule has 3 aromatic rings. The summed E-state index contributed by atoms with van der Waals surface area (Å²) in [7, 11) is 0. The third-order valence-electron chi connectivity index (χ3n) is 4.83. The van der Waals surface area contributed by atoms with Gasteiger partial charge in [0.25, 0.3) is 5.91 Å². The molecule has 2 aromatic carbocycles. The fourth-order valence-corrected chi connectivity index (χ4v) is 3.34. The first-order valence-corrected chi connectivity index (χ1v) is 9.45. The molecule has 140 valence electrons. The molecule has 5 heteroatoms. The highest BCUT2D eigenvalue weighted by atomic mass is 16.2. The van der Waals surface area contributed by atoms with E-state index >= 15 is 0 Å². The molecular weight excluding hydrogens is 348 g/mol. The van der Waals surface area contributed by atoms with Gasteiger partial charge in [-0.05, 0) is 23.3 Å². The summed E-state index contributed by atoms with van der Waals surface area (Å²) >= 11 is 0. The Morgan fingerprint density at radius 3 is 2.04 bits per heavy atom. The van der Waals surface area contributed by atoms with Crippen molar-refractivity contribution in [2.75, 3.05) is 31.1 Å². The Morgan fingerprint density at radius 1 is 0.786 bits per heavy atom. The highest BCUT2D eigenvalue weighted by Crippen LogP contribution is 2.22. The molecule has 0 spiro atoms. The van der Waals surface area contributed by atoms with Gasteiger partial charge in [0.05, 0.1) is 0 Å².